The summed E-state index contributed by atoms with van der Waals surface area (Å²) in [5.74, 6) is 0.235. The molecule has 8 nitrogen and oxygen atoms in total. The smallest absolute Gasteiger partial charge is 0.243 e. The summed E-state index contributed by atoms with van der Waals surface area (Å²) in [7, 11) is -3.56. The van der Waals surface area contributed by atoms with Gasteiger partial charge in [0.1, 0.15) is 0 Å². The fourth-order valence-electron chi connectivity index (χ4n) is 5.43. The van der Waals surface area contributed by atoms with Crippen LogP contribution in [0.1, 0.15) is 19.3 Å². The molecule has 218 valence electrons. The summed E-state index contributed by atoms with van der Waals surface area (Å²) in [6.07, 6.45) is 2.39. The molecule has 0 N–H and O–H groups in total. The third-order valence-corrected chi connectivity index (χ3v) is 10.5. The number of aromatic nitrogens is 1. The fraction of sp³-hybridized carbons (Fsp3) is 0.312. The van der Waals surface area contributed by atoms with E-state index in [0.29, 0.717) is 45.0 Å². The molecule has 2 fully saturated rings. The van der Waals surface area contributed by atoms with Crippen LogP contribution >= 0.6 is 11.3 Å². The summed E-state index contributed by atoms with van der Waals surface area (Å²) < 4.78 is 35.1. The zero-order chi connectivity index (χ0) is 28.9. The van der Waals surface area contributed by atoms with Crippen LogP contribution in [-0.4, -0.2) is 67.5 Å². The Kier molecular flexibility index (Phi) is 8.66. The van der Waals surface area contributed by atoms with Gasteiger partial charge < -0.3 is 14.2 Å². The Balaban J connectivity index is 1.28. The van der Waals surface area contributed by atoms with Crippen molar-refractivity contribution in [3.05, 3.63) is 89.0 Å². The van der Waals surface area contributed by atoms with Gasteiger partial charge >= 0.3 is 0 Å². The van der Waals surface area contributed by atoms with Crippen molar-refractivity contribution in [1.82, 2.24) is 13.8 Å². The number of sulfonamides is 1. The quantitative estimate of drug-likeness (QED) is 0.265. The van der Waals surface area contributed by atoms with Crippen LogP contribution in [0.4, 0.5) is 5.69 Å². The maximum absolute atomic E-state index is 13.0. The lowest BCUT2D eigenvalue weighted by molar-refractivity contribution is -0.127. The average molecular weight is 603 g/mol. The molecule has 3 heterocycles. The second-order valence-electron chi connectivity index (χ2n) is 10.5. The van der Waals surface area contributed by atoms with Crippen LogP contribution in [0.15, 0.2) is 94.1 Å². The Bertz CT molecular complexity index is 1690. The minimum absolute atomic E-state index is 0.235. The second kappa shape index (κ2) is 12.7. The van der Waals surface area contributed by atoms with Gasteiger partial charge in [-0.05, 0) is 53.8 Å². The van der Waals surface area contributed by atoms with E-state index < -0.39 is 10.0 Å². The molecule has 0 atom stereocenters. The van der Waals surface area contributed by atoms with Gasteiger partial charge in [-0.2, -0.15) is 4.31 Å². The molecule has 0 saturated carbocycles. The number of ether oxygens (including phenoxy) is 1. The SMILES string of the molecule is O=C1CCCN1CCCn1c(-c2ccc(-c3ccccc3)cc2)csc1=Nc1ccc(S(=O)(=O)N2CCOCC2)cc1. The summed E-state index contributed by atoms with van der Waals surface area (Å²) in [5, 5.41) is 2.12. The molecule has 6 rings (SSSR count). The van der Waals surface area contributed by atoms with Crippen molar-refractivity contribution in [3.8, 4) is 22.4 Å². The van der Waals surface area contributed by atoms with Crippen molar-refractivity contribution in [1.29, 1.82) is 0 Å². The third-order valence-electron chi connectivity index (χ3n) is 7.74. The molecule has 0 aliphatic carbocycles. The van der Waals surface area contributed by atoms with Crippen LogP contribution < -0.4 is 4.80 Å². The lowest BCUT2D eigenvalue weighted by Crippen LogP contribution is -2.40. The van der Waals surface area contributed by atoms with Crippen molar-refractivity contribution in [2.45, 2.75) is 30.7 Å². The van der Waals surface area contributed by atoms with Gasteiger partial charge in [0.2, 0.25) is 15.9 Å². The molecule has 1 amide bonds. The number of thiazole rings is 1. The van der Waals surface area contributed by atoms with E-state index in [1.165, 1.54) is 9.87 Å². The number of hydrogen-bond donors (Lipinski definition) is 0. The van der Waals surface area contributed by atoms with Gasteiger partial charge in [-0.25, -0.2) is 13.4 Å². The molecule has 10 heteroatoms. The number of morpholine rings is 1. The molecular weight excluding hydrogens is 569 g/mol. The minimum Gasteiger partial charge on any atom is -0.379 e. The Morgan fingerprint density at radius 3 is 2.19 bits per heavy atom. The van der Waals surface area contributed by atoms with Crippen molar-refractivity contribution in [3.63, 3.8) is 0 Å². The highest BCUT2D eigenvalue weighted by Crippen LogP contribution is 2.26. The van der Waals surface area contributed by atoms with Gasteiger partial charge in [0, 0.05) is 44.5 Å². The van der Waals surface area contributed by atoms with E-state index in [0.717, 1.165) is 47.6 Å². The molecule has 0 unspecified atom stereocenters. The minimum atomic E-state index is -3.56. The van der Waals surface area contributed by atoms with Gasteiger partial charge in [0.15, 0.2) is 4.80 Å². The fourth-order valence-corrected chi connectivity index (χ4v) is 7.79. The molecule has 0 spiro atoms. The topological polar surface area (TPSA) is 84.2 Å². The summed E-state index contributed by atoms with van der Waals surface area (Å²) >= 11 is 1.56. The number of nitrogens with zero attached hydrogens (tertiary/aromatic N) is 4. The number of benzene rings is 3. The van der Waals surface area contributed by atoms with E-state index in [9.17, 15) is 13.2 Å². The lowest BCUT2D eigenvalue weighted by atomic mass is 10.0. The van der Waals surface area contributed by atoms with E-state index in [-0.39, 0.29) is 10.8 Å². The van der Waals surface area contributed by atoms with Gasteiger partial charge in [-0.3, -0.25) is 4.79 Å². The van der Waals surface area contributed by atoms with E-state index >= 15 is 0 Å². The molecular formula is C32H34N4O4S2. The van der Waals surface area contributed by atoms with Crippen LogP contribution in [-0.2, 0) is 26.1 Å². The first-order valence-corrected chi connectivity index (χ1v) is 16.7. The summed E-state index contributed by atoms with van der Waals surface area (Å²) in [6, 6.07) is 25.6. The monoisotopic (exact) mass is 602 g/mol. The van der Waals surface area contributed by atoms with Crippen LogP contribution in [0.2, 0.25) is 0 Å². The van der Waals surface area contributed by atoms with Crippen molar-refractivity contribution >= 4 is 33.0 Å². The maximum Gasteiger partial charge on any atom is 0.243 e. The maximum atomic E-state index is 13.0. The molecule has 0 bridgehead atoms. The third kappa shape index (κ3) is 6.27. The first kappa shape index (κ1) is 28.5. The van der Waals surface area contributed by atoms with E-state index in [1.54, 1.807) is 35.6 Å². The van der Waals surface area contributed by atoms with Gasteiger partial charge in [-0.1, -0.05) is 54.6 Å². The predicted molar refractivity (Wildman–Crippen MR) is 165 cm³/mol. The highest BCUT2D eigenvalue weighted by atomic mass is 32.2. The normalized spacial score (nSPS) is 16.8. The highest BCUT2D eigenvalue weighted by molar-refractivity contribution is 7.89. The molecule has 2 saturated heterocycles. The predicted octanol–water partition coefficient (Wildman–Crippen LogP) is 5.15. The Morgan fingerprint density at radius 2 is 1.50 bits per heavy atom. The molecule has 42 heavy (non-hydrogen) atoms. The van der Waals surface area contributed by atoms with Gasteiger partial charge in [0.25, 0.3) is 0 Å². The molecule has 4 aromatic rings. The van der Waals surface area contributed by atoms with Crippen LogP contribution in [0.3, 0.4) is 0 Å². The Hall–Kier alpha value is -3.57. The number of carbonyl (C=O) groups is 1. The highest BCUT2D eigenvalue weighted by Gasteiger charge is 2.26. The first-order chi connectivity index (χ1) is 20.5. The molecule has 3 aromatic carbocycles. The summed E-state index contributed by atoms with van der Waals surface area (Å²) in [5.41, 5.74) is 5.18. The van der Waals surface area contributed by atoms with E-state index in [2.05, 4.69) is 46.3 Å². The second-order valence-corrected chi connectivity index (χ2v) is 13.2. The lowest BCUT2D eigenvalue weighted by Gasteiger charge is -2.26. The number of rotatable bonds is 9. The largest absolute Gasteiger partial charge is 0.379 e. The van der Waals surface area contributed by atoms with Crippen LogP contribution in [0.5, 0.6) is 0 Å². The standard InChI is InChI=1S/C32H34N4O4S2/c37-31-8-4-17-34(31)18-5-19-36-30(27-11-9-26(10-12-27)25-6-2-1-3-7-25)24-41-32(36)33-28-13-15-29(16-14-28)42(38,39)35-20-22-40-23-21-35/h1-3,6-7,9-16,24H,4-5,8,17-23H2. The first-order valence-electron chi connectivity index (χ1n) is 14.3. The van der Waals surface area contributed by atoms with Crippen LogP contribution in [0, 0.1) is 0 Å². The number of hydrogen-bond acceptors (Lipinski definition) is 6. The van der Waals surface area contributed by atoms with Crippen molar-refractivity contribution < 1.29 is 17.9 Å². The van der Waals surface area contributed by atoms with Gasteiger partial charge in [0.05, 0.1) is 29.5 Å². The Morgan fingerprint density at radius 1 is 0.810 bits per heavy atom. The van der Waals surface area contributed by atoms with Gasteiger partial charge in [-0.15, -0.1) is 11.3 Å². The van der Waals surface area contributed by atoms with Crippen molar-refractivity contribution in [2.75, 3.05) is 39.4 Å². The zero-order valence-electron chi connectivity index (χ0n) is 23.4. The molecule has 1 aromatic heterocycles. The number of likely N-dealkylation sites (tertiary alicyclic amines) is 1. The van der Waals surface area contributed by atoms with E-state index in [1.807, 2.05) is 23.1 Å². The molecule has 0 radical (unpaired) electrons. The average Bonchev–Trinajstić information content (AvgIpc) is 3.63. The zero-order valence-corrected chi connectivity index (χ0v) is 25.0. The number of amides is 1. The molecule has 2 aliphatic rings. The summed E-state index contributed by atoms with van der Waals surface area (Å²) in [6.45, 7) is 3.82. The Labute approximate surface area is 250 Å². The van der Waals surface area contributed by atoms with E-state index in [4.69, 9.17) is 9.73 Å². The molecule has 2 aliphatic heterocycles. The number of carbonyl (C=O) groups excluding carboxylic acids is 1. The van der Waals surface area contributed by atoms with Crippen LogP contribution in [0.25, 0.3) is 22.4 Å². The van der Waals surface area contributed by atoms with Crippen molar-refractivity contribution in [2.24, 2.45) is 4.99 Å². The summed E-state index contributed by atoms with van der Waals surface area (Å²) in [4.78, 5) is 20.1.